The van der Waals surface area contributed by atoms with Gasteiger partial charge in [0.25, 0.3) is 0 Å². The van der Waals surface area contributed by atoms with Crippen molar-refractivity contribution in [2.24, 2.45) is 0 Å². The van der Waals surface area contributed by atoms with Gasteiger partial charge in [-0.2, -0.15) is 0 Å². The van der Waals surface area contributed by atoms with Crippen LogP contribution in [-0.2, 0) is 0 Å². The van der Waals surface area contributed by atoms with Crippen LogP contribution >= 0.6 is 0 Å². The maximum Gasteiger partial charge on any atom is 0.166 e. The SMILES string of the molecule is CCCC/C=C/CCC1NC=C[N+]1(CC)CCO. The van der Waals surface area contributed by atoms with Crippen molar-refractivity contribution in [3.63, 3.8) is 0 Å². The molecule has 0 aromatic heterocycles. The van der Waals surface area contributed by atoms with Crippen LogP contribution in [0.15, 0.2) is 24.6 Å². The van der Waals surface area contributed by atoms with Gasteiger partial charge in [-0.25, -0.2) is 0 Å². The van der Waals surface area contributed by atoms with Crippen LogP contribution in [0.1, 0.15) is 46.0 Å². The van der Waals surface area contributed by atoms with Gasteiger partial charge in [0.2, 0.25) is 0 Å². The van der Waals surface area contributed by atoms with Crippen molar-refractivity contribution in [3.05, 3.63) is 24.6 Å². The molecule has 0 aliphatic carbocycles. The second-order valence-corrected chi connectivity index (χ2v) is 5.06. The lowest BCUT2D eigenvalue weighted by Crippen LogP contribution is -2.53. The van der Waals surface area contributed by atoms with Crippen LogP contribution in [0.4, 0.5) is 0 Å². The van der Waals surface area contributed by atoms with Crippen molar-refractivity contribution >= 4 is 0 Å². The smallest absolute Gasteiger partial charge is 0.166 e. The second-order valence-electron chi connectivity index (χ2n) is 5.06. The summed E-state index contributed by atoms with van der Waals surface area (Å²) in [5, 5.41) is 12.7. The molecule has 3 heteroatoms. The predicted octanol–water partition coefficient (Wildman–Crippen LogP) is 2.74. The van der Waals surface area contributed by atoms with E-state index >= 15 is 0 Å². The molecular weight excluding hydrogens is 224 g/mol. The topological polar surface area (TPSA) is 32.3 Å². The molecular formula is C15H29N2O+. The zero-order chi connectivity index (χ0) is 13.3. The fraction of sp³-hybridized carbons (Fsp3) is 0.733. The summed E-state index contributed by atoms with van der Waals surface area (Å²) in [6.07, 6.45) is 15.3. The van der Waals surface area contributed by atoms with Crippen molar-refractivity contribution in [1.29, 1.82) is 0 Å². The number of allylic oxidation sites excluding steroid dienone is 2. The molecule has 0 radical (unpaired) electrons. The molecule has 18 heavy (non-hydrogen) atoms. The van der Waals surface area contributed by atoms with E-state index < -0.39 is 0 Å². The normalized spacial score (nSPS) is 26.9. The first-order valence-corrected chi connectivity index (χ1v) is 7.35. The molecule has 104 valence electrons. The number of nitrogens with zero attached hydrogens (tertiary/aromatic N) is 1. The Hall–Kier alpha value is -0.800. The lowest BCUT2D eigenvalue weighted by Gasteiger charge is -2.36. The van der Waals surface area contributed by atoms with E-state index in [0.717, 1.165) is 30.4 Å². The Bertz CT molecular complexity index is 276. The van der Waals surface area contributed by atoms with Crippen LogP contribution in [0.2, 0.25) is 0 Å². The van der Waals surface area contributed by atoms with Gasteiger partial charge in [0, 0.05) is 6.42 Å². The molecule has 3 nitrogen and oxygen atoms in total. The van der Waals surface area contributed by atoms with Gasteiger partial charge in [-0.15, -0.1) is 0 Å². The number of aliphatic hydroxyl groups excluding tert-OH is 1. The van der Waals surface area contributed by atoms with Gasteiger partial charge in [-0.1, -0.05) is 31.9 Å². The summed E-state index contributed by atoms with van der Waals surface area (Å²) >= 11 is 0. The molecule has 1 rings (SSSR count). The van der Waals surface area contributed by atoms with E-state index in [0.29, 0.717) is 6.17 Å². The molecule has 0 aromatic rings. The molecule has 0 saturated heterocycles. The first-order valence-electron chi connectivity index (χ1n) is 7.35. The Labute approximate surface area is 112 Å². The molecule has 1 aliphatic rings. The Balaban J connectivity index is 2.35. The van der Waals surface area contributed by atoms with Crippen molar-refractivity contribution < 1.29 is 9.59 Å². The molecule has 0 fully saturated rings. The lowest BCUT2D eigenvalue weighted by atomic mass is 10.1. The van der Waals surface area contributed by atoms with Crippen LogP contribution in [0, 0.1) is 0 Å². The summed E-state index contributed by atoms with van der Waals surface area (Å²) in [7, 11) is 0. The maximum absolute atomic E-state index is 9.22. The molecule has 0 aromatic carbocycles. The molecule has 1 heterocycles. The molecule has 2 N–H and O–H groups in total. The van der Waals surface area contributed by atoms with Crippen molar-refractivity contribution in [3.8, 4) is 0 Å². The van der Waals surface area contributed by atoms with Crippen LogP contribution in [0.5, 0.6) is 0 Å². The third-order valence-corrected chi connectivity index (χ3v) is 3.88. The van der Waals surface area contributed by atoms with Gasteiger partial charge in [0.05, 0.1) is 19.4 Å². The van der Waals surface area contributed by atoms with Gasteiger partial charge in [0.1, 0.15) is 12.7 Å². The summed E-state index contributed by atoms with van der Waals surface area (Å²) in [5.74, 6) is 0. The van der Waals surface area contributed by atoms with Crippen LogP contribution < -0.4 is 5.32 Å². The Morgan fingerprint density at radius 1 is 1.28 bits per heavy atom. The third kappa shape index (κ3) is 4.14. The van der Waals surface area contributed by atoms with Crippen molar-refractivity contribution in [1.82, 2.24) is 5.32 Å². The summed E-state index contributed by atoms with van der Waals surface area (Å²) in [5.41, 5.74) is 0. The zero-order valence-electron chi connectivity index (χ0n) is 11.9. The molecule has 0 spiro atoms. The minimum atomic E-state index is 0.253. The highest BCUT2D eigenvalue weighted by molar-refractivity contribution is 4.87. The number of unbranched alkanes of at least 4 members (excludes halogenated alkanes) is 2. The number of likely N-dealkylation sites (N-methyl/N-ethyl adjacent to an activating group) is 1. The van der Waals surface area contributed by atoms with Gasteiger partial charge >= 0.3 is 0 Å². The Kier molecular flexibility index (Phi) is 7.06. The van der Waals surface area contributed by atoms with Crippen LogP contribution in [-0.4, -0.2) is 35.5 Å². The average Bonchev–Trinajstić information content (AvgIpc) is 2.78. The van der Waals surface area contributed by atoms with E-state index in [1.807, 2.05) is 6.20 Å². The summed E-state index contributed by atoms with van der Waals surface area (Å²) in [6, 6.07) is 0. The van der Waals surface area contributed by atoms with Gasteiger partial charge < -0.3 is 10.4 Å². The third-order valence-electron chi connectivity index (χ3n) is 3.88. The molecule has 0 saturated carbocycles. The number of nitrogens with one attached hydrogen (secondary N) is 1. The van der Waals surface area contributed by atoms with E-state index in [9.17, 15) is 5.11 Å². The van der Waals surface area contributed by atoms with Crippen molar-refractivity contribution in [2.75, 3.05) is 19.7 Å². The van der Waals surface area contributed by atoms with E-state index in [2.05, 4.69) is 37.5 Å². The first-order chi connectivity index (χ1) is 8.79. The van der Waals surface area contributed by atoms with E-state index in [4.69, 9.17) is 0 Å². The number of quaternary nitrogens is 1. The largest absolute Gasteiger partial charge is 0.390 e. The number of rotatable bonds is 9. The molecule has 0 bridgehead atoms. The molecule has 2 atom stereocenters. The van der Waals surface area contributed by atoms with Crippen molar-refractivity contribution in [2.45, 2.75) is 52.1 Å². The number of aliphatic hydroxyl groups is 1. The highest BCUT2D eigenvalue weighted by Crippen LogP contribution is 2.21. The van der Waals surface area contributed by atoms with E-state index in [1.165, 1.54) is 19.3 Å². The Morgan fingerprint density at radius 2 is 2.06 bits per heavy atom. The summed E-state index contributed by atoms with van der Waals surface area (Å²) < 4.78 is 0.874. The number of hydrogen-bond acceptors (Lipinski definition) is 2. The minimum absolute atomic E-state index is 0.253. The first kappa shape index (κ1) is 15.3. The summed E-state index contributed by atoms with van der Waals surface area (Å²) in [4.78, 5) is 0. The summed E-state index contributed by atoms with van der Waals surface area (Å²) in [6.45, 7) is 6.52. The minimum Gasteiger partial charge on any atom is -0.390 e. The van der Waals surface area contributed by atoms with Gasteiger partial charge in [-0.05, 0) is 19.8 Å². The fourth-order valence-corrected chi connectivity index (χ4v) is 2.61. The van der Waals surface area contributed by atoms with E-state index in [-0.39, 0.29) is 6.61 Å². The second kappa shape index (κ2) is 8.33. The van der Waals surface area contributed by atoms with E-state index in [1.54, 1.807) is 0 Å². The highest BCUT2D eigenvalue weighted by Gasteiger charge is 2.35. The maximum atomic E-state index is 9.22. The highest BCUT2D eigenvalue weighted by atomic mass is 16.3. The monoisotopic (exact) mass is 253 g/mol. The zero-order valence-corrected chi connectivity index (χ0v) is 11.9. The van der Waals surface area contributed by atoms with Crippen LogP contribution in [0.3, 0.4) is 0 Å². The number of hydrogen-bond donors (Lipinski definition) is 2. The quantitative estimate of drug-likeness (QED) is 0.376. The standard InChI is InChI=1S/C15H29N2O/c1-3-5-6-7-8-9-10-15-16-11-12-17(15,4-2)13-14-18/h7-8,11-12,15-16,18H,3-6,9-10,13-14H2,1-2H3/q+1/b8-7+. The molecule has 1 aliphatic heterocycles. The Morgan fingerprint density at radius 3 is 2.72 bits per heavy atom. The molecule has 2 unspecified atom stereocenters. The average molecular weight is 253 g/mol. The lowest BCUT2D eigenvalue weighted by molar-refractivity contribution is -0.899. The van der Waals surface area contributed by atoms with Gasteiger partial charge in [0.15, 0.2) is 6.17 Å². The van der Waals surface area contributed by atoms with Crippen LogP contribution in [0.25, 0.3) is 0 Å². The predicted molar refractivity (Wildman–Crippen MR) is 76.7 cm³/mol. The molecule has 0 amide bonds. The van der Waals surface area contributed by atoms with Gasteiger partial charge in [-0.3, -0.25) is 4.48 Å². The fourth-order valence-electron chi connectivity index (χ4n) is 2.61.